The summed E-state index contributed by atoms with van der Waals surface area (Å²) in [6, 6.07) is 11.3. The van der Waals surface area contributed by atoms with Gasteiger partial charge in [0.2, 0.25) is 10.0 Å². The Balaban J connectivity index is 1.38. The van der Waals surface area contributed by atoms with Crippen molar-refractivity contribution in [3.05, 3.63) is 70.3 Å². The van der Waals surface area contributed by atoms with Gasteiger partial charge in [-0.25, -0.2) is 17.9 Å². The lowest BCUT2D eigenvalue weighted by Gasteiger charge is -2.46. The minimum atomic E-state index is -3.84. The van der Waals surface area contributed by atoms with E-state index in [9.17, 15) is 18.0 Å². The number of hydrogen-bond acceptors (Lipinski definition) is 8. The molecule has 9 nitrogen and oxygen atoms in total. The first-order valence-electron chi connectivity index (χ1n) is 16.0. The van der Waals surface area contributed by atoms with Gasteiger partial charge < -0.3 is 19.1 Å². The van der Waals surface area contributed by atoms with Crippen LogP contribution in [0.3, 0.4) is 0 Å². The fraction of sp³-hybridized carbons (Fsp3) is 0.529. The van der Waals surface area contributed by atoms with Gasteiger partial charge in [0.05, 0.1) is 30.8 Å². The second-order valence-corrected chi connectivity index (χ2v) is 15.0. The maximum absolute atomic E-state index is 13.2. The van der Waals surface area contributed by atoms with E-state index in [1.807, 2.05) is 18.2 Å². The number of carbonyl (C=O) groups excluding carboxylic acids is 2. The Hall–Kier alpha value is -3.08. The predicted octanol–water partition coefficient (Wildman–Crippen LogP) is 5.20. The highest BCUT2D eigenvalue weighted by molar-refractivity contribution is 7.90. The predicted molar refractivity (Wildman–Crippen MR) is 172 cm³/mol. The molecule has 1 N–H and O–H groups in total. The van der Waals surface area contributed by atoms with Gasteiger partial charge in [-0.05, 0) is 105 Å². The van der Waals surface area contributed by atoms with Gasteiger partial charge in [0.25, 0.3) is 5.91 Å². The molecule has 1 spiro atoms. The number of allylic oxidation sites excluding steroid dienone is 1. The lowest BCUT2D eigenvalue weighted by molar-refractivity contribution is -0.151. The van der Waals surface area contributed by atoms with Crippen LogP contribution in [0.1, 0.15) is 66.9 Å². The zero-order valence-electron chi connectivity index (χ0n) is 25.6. The SMILES string of the molecule is CCOC(=O)CO[C@@H]1/C=C\CCCS(=O)(=O)NC(=O)c2ccc3c(c2)N(C[C@@H]2CC[C@H]21)C[C@@]1(CCCc2cc(Cl)ccc21)CO3. The summed E-state index contributed by atoms with van der Waals surface area (Å²) < 4.78 is 45.6. The van der Waals surface area contributed by atoms with E-state index in [0.29, 0.717) is 38.3 Å². The maximum atomic E-state index is 13.2. The summed E-state index contributed by atoms with van der Waals surface area (Å²) in [6.45, 7) is 3.76. The van der Waals surface area contributed by atoms with E-state index >= 15 is 0 Å². The van der Waals surface area contributed by atoms with E-state index in [1.54, 1.807) is 25.1 Å². The molecule has 1 amide bonds. The summed E-state index contributed by atoms with van der Waals surface area (Å²) in [5, 5.41) is 0.721. The first-order chi connectivity index (χ1) is 21.7. The van der Waals surface area contributed by atoms with Crippen LogP contribution in [0.15, 0.2) is 48.6 Å². The number of anilines is 1. The molecule has 2 aromatic carbocycles. The first-order valence-corrected chi connectivity index (χ1v) is 18.0. The van der Waals surface area contributed by atoms with Crippen molar-refractivity contribution in [2.24, 2.45) is 11.8 Å². The highest BCUT2D eigenvalue weighted by Crippen LogP contribution is 2.47. The molecule has 2 aliphatic heterocycles. The minimum Gasteiger partial charge on any atom is -0.490 e. The van der Waals surface area contributed by atoms with Gasteiger partial charge in [0.1, 0.15) is 12.4 Å². The number of ether oxygens (including phenoxy) is 3. The zero-order chi connectivity index (χ0) is 31.6. The normalized spacial score (nSPS) is 28.4. The van der Waals surface area contributed by atoms with Crippen LogP contribution in [0.2, 0.25) is 5.02 Å². The number of hydrogen-bond donors (Lipinski definition) is 1. The molecule has 11 heteroatoms. The number of sulfonamides is 1. The molecule has 242 valence electrons. The first kappa shape index (κ1) is 31.9. The molecular weight excluding hydrogens is 616 g/mol. The van der Waals surface area contributed by atoms with E-state index in [-0.39, 0.29) is 47.9 Å². The Morgan fingerprint density at radius 3 is 2.84 bits per heavy atom. The molecule has 6 rings (SSSR count). The third-order valence-electron chi connectivity index (χ3n) is 9.71. The number of halogens is 1. The summed E-state index contributed by atoms with van der Waals surface area (Å²) in [7, 11) is -3.84. The van der Waals surface area contributed by atoms with E-state index in [0.717, 1.165) is 42.8 Å². The molecule has 4 atom stereocenters. The number of fused-ring (bicyclic) bond motifs is 4. The third-order valence-corrected chi connectivity index (χ3v) is 11.3. The van der Waals surface area contributed by atoms with E-state index < -0.39 is 21.9 Å². The Morgan fingerprint density at radius 1 is 1.18 bits per heavy atom. The molecule has 2 heterocycles. The van der Waals surface area contributed by atoms with Crippen molar-refractivity contribution < 1.29 is 32.2 Å². The summed E-state index contributed by atoms with van der Waals surface area (Å²) in [4.78, 5) is 27.7. The third kappa shape index (κ3) is 7.03. The molecule has 0 aromatic heterocycles. The highest BCUT2D eigenvalue weighted by Gasteiger charge is 2.44. The highest BCUT2D eigenvalue weighted by atomic mass is 35.5. The summed E-state index contributed by atoms with van der Waals surface area (Å²) in [5.74, 6) is -0.135. The summed E-state index contributed by atoms with van der Waals surface area (Å²) in [5.41, 5.74) is 3.23. The lowest BCUT2D eigenvalue weighted by Crippen LogP contribution is -2.49. The van der Waals surface area contributed by atoms with Crippen molar-refractivity contribution in [2.75, 3.05) is 43.6 Å². The fourth-order valence-electron chi connectivity index (χ4n) is 7.35. The molecule has 1 saturated carbocycles. The van der Waals surface area contributed by atoms with Crippen molar-refractivity contribution >= 4 is 39.2 Å². The Morgan fingerprint density at radius 2 is 2.04 bits per heavy atom. The number of aryl methyl sites for hydroxylation is 1. The molecule has 45 heavy (non-hydrogen) atoms. The molecule has 0 saturated heterocycles. The van der Waals surface area contributed by atoms with Crippen molar-refractivity contribution in [3.63, 3.8) is 0 Å². The summed E-state index contributed by atoms with van der Waals surface area (Å²) in [6.07, 6.45) is 9.29. The number of nitrogens with one attached hydrogen (secondary N) is 1. The Kier molecular flexibility index (Phi) is 9.45. The van der Waals surface area contributed by atoms with Gasteiger partial charge in [0, 0.05) is 29.1 Å². The maximum Gasteiger partial charge on any atom is 0.332 e. The van der Waals surface area contributed by atoms with Gasteiger partial charge in [-0.2, -0.15) is 0 Å². The van der Waals surface area contributed by atoms with Gasteiger partial charge >= 0.3 is 5.97 Å². The standard InChI is InChI=1S/C34H41ClN2O7S/c1-2-42-32(38)20-43-30-8-4-3-5-16-45(40,41)36-33(39)24-10-14-31-29(18-24)37(19-25-9-12-27(25)30)21-34(22-44-31)15-6-7-23-17-26(35)11-13-28(23)34/h4,8,10-11,13-14,17-18,25,27,30H,2-3,5-7,9,12,15-16,19-22H2,1H3,(H,36,39)/b8-4-/t25-,27+,30+,34-/m0/s1. The molecule has 2 aromatic rings. The fourth-order valence-corrected chi connectivity index (χ4v) is 8.60. The van der Waals surface area contributed by atoms with Gasteiger partial charge in [-0.15, -0.1) is 0 Å². The second-order valence-electron chi connectivity index (χ2n) is 12.7. The number of rotatable bonds is 4. The van der Waals surface area contributed by atoms with Crippen molar-refractivity contribution in [1.82, 2.24) is 4.72 Å². The van der Waals surface area contributed by atoms with Gasteiger partial charge in [0.15, 0.2) is 0 Å². The molecular formula is C34H41ClN2O7S. The van der Waals surface area contributed by atoms with Crippen LogP contribution in [0, 0.1) is 11.8 Å². The number of amides is 1. The van der Waals surface area contributed by atoms with Crippen LogP contribution in [0.4, 0.5) is 5.69 Å². The largest absolute Gasteiger partial charge is 0.490 e. The minimum absolute atomic E-state index is 0.140. The van der Waals surface area contributed by atoms with Crippen molar-refractivity contribution in [2.45, 2.75) is 63.4 Å². The van der Waals surface area contributed by atoms with Gasteiger partial charge in [-0.1, -0.05) is 29.8 Å². The number of benzene rings is 2. The molecule has 1 fully saturated rings. The second kappa shape index (κ2) is 13.3. The van der Waals surface area contributed by atoms with E-state index in [4.69, 9.17) is 25.8 Å². The van der Waals surface area contributed by atoms with E-state index in [1.165, 1.54) is 11.1 Å². The smallest absolute Gasteiger partial charge is 0.332 e. The van der Waals surface area contributed by atoms with Crippen LogP contribution >= 0.6 is 11.6 Å². The average molecular weight is 657 g/mol. The molecule has 4 aliphatic rings. The van der Waals surface area contributed by atoms with Crippen LogP contribution in [-0.2, 0) is 36.1 Å². The van der Waals surface area contributed by atoms with Crippen LogP contribution < -0.4 is 14.4 Å². The lowest BCUT2D eigenvalue weighted by atomic mass is 9.68. The number of esters is 1. The van der Waals surface area contributed by atoms with Crippen molar-refractivity contribution in [3.8, 4) is 5.75 Å². The number of nitrogens with zero attached hydrogens (tertiary/aromatic N) is 1. The quantitative estimate of drug-likeness (QED) is 0.353. The molecule has 2 bridgehead atoms. The van der Waals surface area contributed by atoms with Crippen LogP contribution in [0.25, 0.3) is 0 Å². The molecule has 2 aliphatic carbocycles. The monoisotopic (exact) mass is 656 g/mol. The summed E-state index contributed by atoms with van der Waals surface area (Å²) >= 11 is 6.41. The van der Waals surface area contributed by atoms with Crippen LogP contribution in [-0.4, -0.2) is 65.1 Å². The number of carbonyl (C=O) groups is 2. The average Bonchev–Trinajstić information content (AvgIpc) is 3.14. The van der Waals surface area contributed by atoms with Crippen LogP contribution in [0.5, 0.6) is 5.75 Å². The van der Waals surface area contributed by atoms with Gasteiger partial charge in [-0.3, -0.25) is 4.79 Å². The zero-order valence-corrected chi connectivity index (χ0v) is 27.2. The van der Waals surface area contributed by atoms with Crippen molar-refractivity contribution in [1.29, 1.82) is 0 Å². The topological polar surface area (TPSA) is 111 Å². The molecule has 0 radical (unpaired) electrons. The Labute approximate surface area is 270 Å². The Bertz CT molecular complexity index is 1580. The van der Waals surface area contributed by atoms with E-state index in [2.05, 4.69) is 21.8 Å². The molecule has 0 unspecified atom stereocenters.